The normalized spacial score (nSPS) is 12.9. The maximum absolute atomic E-state index is 10.00. The van der Waals surface area contributed by atoms with Crippen LogP contribution in [0.2, 0.25) is 0 Å². The van der Waals surface area contributed by atoms with Crippen molar-refractivity contribution in [2.45, 2.75) is 109 Å². The van der Waals surface area contributed by atoms with E-state index in [9.17, 15) is 10.2 Å². The molecule has 2 N–H and O–H groups in total. The zero-order valence-corrected chi connectivity index (χ0v) is 18.5. The fourth-order valence-corrected chi connectivity index (χ4v) is 3.33. The molecule has 0 bridgehead atoms. The lowest BCUT2D eigenvalue weighted by Gasteiger charge is -2.14. The first-order valence-electron chi connectivity index (χ1n) is 11.7. The fourth-order valence-electron chi connectivity index (χ4n) is 3.33. The van der Waals surface area contributed by atoms with Gasteiger partial charge in [0, 0.05) is 19.3 Å². The van der Waals surface area contributed by atoms with E-state index in [0.29, 0.717) is 19.4 Å². The molecule has 0 amide bonds. The molecule has 0 radical (unpaired) electrons. The Kier molecular flexibility index (Phi) is 16.5. The van der Waals surface area contributed by atoms with Crippen LogP contribution in [0, 0.1) is 11.8 Å². The second-order valence-corrected chi connectivity index (χ2v) is 8.03. The Balaban J connectivity index is 1.92. The van der Waals surface area contributed by atoms with Crippen molar-refractivity contribution in [3.8, 4) is 11.8 Å². The smallest absolute Gasteiger partial charge is 0.0798 e. The largest absolute Gasteiger partial charge is 0.392 e. The zero-order valence-electron chi connectivity index (χ0n) is 18.5. The number of aliphatic hydroxyl groups excluding tert-OH is 2. The topological polar surface area (TPSA) is 49.7 Å². The molecule has 0 aromatic heterocycles. The molecule has 1 aromatic rings. The molecule has 3 heteroatoms. The zero-order chi connectivity index (χ0) is 21.0. The van der Waals surface area contributed by atoms with Gasteiger partial charge in [-0.1, -0.05) is 95.0 Å². The van der Waals surface area contributed by atoms with Crippen molar-refractivity contribution in [1.82, 2.24) is 0 Å². The van der Waals surface area contributed by atoms with Gasteiger partial charge in [-0.25, -0.2) is 0 Å². The number of benzene rings is 1. The van der Waals surface area contributed by atoms with E-state index in [-0.39, 0.29) is 6.61 Å². The van der Waals surface area contributed by atoms with Crippen molar-refractivity contribution in [2.75, 3.05) is 6.61 Å². The molecule has 29 heavy (non-hydrogen) atoms. The highest BCUT2D eigenvalue weighted by Gasteiger charge is 2.11. The monoisotopic (exact) mass is 402 g/mol. The number of unbranched alkanes of at least 4 members (excludes halogenated alkanes) is 10. The third-order valence-electron chi connectivity index (χ3n) is 5.08. The van der Waals surface area contributed by atoms with Crippen molar-refractivity contribution in [3.05, 3.63) is 35.9 Å². The summed E-state index contributed by atoms with van der Waals surface area (Å²) in [5.74, 6) is 6.21. The summed E-state index contributed by atoms with van der Waals surface area (Å²) in [6, 6.07) is 9.88. The lowest BCUT2D eigenvalue weighted by Crippen LogP contribution is -2.22. The number of hydrogen-bond acceptors (Lipinski definition) is 3. The molecular weight excluding hydrogens is 360 g/mol. The highest BCUT2D eigenvalue weighted by molar-refractivity contribution is 5.13. The summed E-state index contributed by atoms with van der Waals surface area (Å²) in [7, 11) is 0. The predicted molar refractivity (Wildman–Crippen MR) is 122 cm³/mol. The standard InChI is InChI=1S/C26H42O3/c1-2-3-4-5-6-7-8-9-10-11-12-13-17-20-25(27)21-26(28)23-29-22-24-18-15-14-16-19-24/h14-16,18-19,25-28H,2-12,20-23H2,1H3/t25-,26-/m1/s1. The Hall–Kier alpha value is -1.34. The summed E-state index contributed by atoms with van der Waals surface area (Å²) in [5, 5.41) is 20.0. The second kappa shape index (κ2) is 18.7. The van der Waals surface area contributed by atoms with Gasteiger partial charge in [-0.2, -0.15) is 0 Å². The van der Waals surface area contributed by atoms with Crippen molar-refractivity contribution < 1.29 is 14.9 Å². The molecule has 0 aliphatic carbocycles. The molecular formula is C26H42O3. The van der Waals surface area contributed by atoms with Crippen molar-refractivity contribution in [1.29, 1.82) is 0 Å². The molecule has 2 atom stereocenters. The molecule has 1 aromatic carbocycles. The molecule has 0 unspecified atom stereocenters. The van der Waals surface area contributed by atoms with Crippen LogP contribution in [0.4, 0.5) is 0 Å². The molecule has 164 valence electrons. The Morgan fingerprint density at radius 3 is 2.07 bits per heavy atom. The van der Waals surface area contributed by atoms with Crippen LogP contribution in [-0.4, -0.2) is 29.0 Å². The molecule has 1 rings (SSSR count). The first kappa shape index (κ1) is 25.7. The van der Waals surface area contributed by atoms with E-state index >= 15 is 0 Å². The Morgan fingerprint density at radius 1 is 0.793 bits per heavy atom. The summed E-state index contributed by atoms with van der Waals surface area (Å²) < 4.78 is 5.51. The Morgan fingerprint density at radius 2 is 1.41 bits per heavy atom. The average molecular weight is 403 g/mol. The summed E-state index contributed by atoms with van der Waals surface area (Å²) in [4.78, 5) is 0. The van der Waals surface area contributed by atoms with Crippen LogP contribution in [0.25, 0.3) is 0 Å². The third-order valence-corrected chi connectivity index (χ3v) is 5.08. The summed E-state index contributed by atoms with van der Waals surface area (Å²) >= 11 is 0. The van der Waals surface area contributed by atoms with Crippen LogP contribution in [-0.2, 0) is 11.3 Å². The van der Waals surface area contributed by atoms with Crippen LogP contribution >= 0.6 is 0 Å². The molecule has 0 heterocycles. The maximum Gasteiger partial charge on any atom is 0.0798 e. The first-order chi connectivity index (χ1) is 14.2. The van der Waals surface area contributed by atoms with Gasteiger partial charge in [0.2, 0.25) is 0 Å². The number of rotatable bonds is 17. The minimum Gasteiger partial charge on any atom is -0.392 e. The van der Waals surface area contributed by atoms with Crippen LogP contribution in [0.15, 0.2) is 30.3 Å². The lowest BCUT2D eigenvalue weighted by atomic mass is 10.1. The van der Waals surface area contributed by atoms with Crippen molar-refractivity contribution in [3.63, 3.8) is 0 Å². The molecule has 0 fully saturated rings. The maximum atomic E-state index is 10.00. The molecule has 0 spiro atoms. The Labute approximate surface area is 178 Å². The molecule has 0 aliphatic heterocycles. The van der Waals surface area contributed by atoms with E-state index < -0.39 is 12.2 Å². The number of hydrogen-bond donors (Lipinski definition) is 2. The highest BCUT2D eigenvalue weighted by atomic mass is 16.5. The first-order valence-corrected chi connectivity index (χ1v) is 11.7. The van der Waals surface area contributed by atoms with Gasteiger partial charge in [0.25, 0.3) is 0 Å². The predicted octanol–water partition coefficient (Wildman–Crippen LogP) is 6.02. The number of aliphatic hydroxyl groups is 2. The van der Waals surface area contributed by atoms with Gasteiger partial charge in [-0.15, -0.1) is 11.8 Å². The quantitative estimate of drug-likeness (QED) is 0.247. The summed E-state index contributed by atoms with van der Waals surface area (Å²) in [6.07, 6.45) is 13.7. The van der Waals surface area contributed by atoms with Gasteiger partial charge in [0.15, 0.2) is 0 Å². The average Bonchev–Trinajstić information content (AvgIpc) is 2.72. The van der Waals surface area contributed by atoms with Crippen molar-refractivity contribution in [2.24, 2.45) is 0 Å². The second-order valence-electron chi connectivity index (χ2n) is 8.03. The van der Waals surface area contributed by atoms with Gasteiger partial charge in [-0.05, 0) is 12.0 Å². The minimum absolute atomic E-state index is 0.234. The van der Waals surface area contributed by atoms with E-state index in [0.717, 1.165) is 18.4 Å². The van der Waals surface area contributed by atoms with E-state index in [2.05, 4.69) is 18.8 Å². The van der Waals surface area contributed by atoms with Gasteiger partial charge in [-0.3, -0.25) is 0 Å². The van der Waals surface area contributed by atoms with Crippen LogP contribution in [0.3, 0.4) is 0 Å². The third kappa shape index (κ3) is 16.2. The summed E-state index contributed by atoms with van der Waals surface area (Å²) in [6.45, 7) is 2.97. The molecule has 0 saturated carbocycles. The highest BCUT2D eigenvalue weighted by Crippen LogP contribution is 2.11. The van der Waals surface area contributed by atoms with Crippen LogP contribution < -0.4 is 0 Å². The fraction of sp³-hybridized carbons (Fsp3) is 0.692. The van der Waals surface area contributed by atoms with E-state index in [4.69, 9.17) is 4.74 Å². The lowest BCUT2D eigenvalue weighted by molar-refractivity contribution is 0.00206. The summed E-state index contributed by atoms with van der Waals surface area (Å²) in [5.41, 5.74) is 1.08. The van der Waals surface area contributed by atoms with Gasteiger partial charge >= 0.3 is 0 Å². The van der Waals surface area contributed by atoms with Crippen LogP contribution in [0.5, 0.6) is 0 Å². The van der Waals surface area contributed by atoms with E-state index in [1.807, 2.05) is 30.3 Å². The van der Waals surface area contributed by atoms with Crippen LogP contribution in [0.1, 0.15) is 96.0 Å². The molecule has 3 nitrogen and oxygen atoms in total. The van der Waals surface area contributed by atoms with Gasteiger partial charge < -0.3 is 14.9 Å². The van der Waals surface area contributed by atoms with E-state index in [1.54, 1.807) is 0 Å². The minimum atomic E-state index is -0.655. The van der Waals surface area contributed by atoms with Crippen molar-refractivity contribution >= 4 is 0 Å². The molecule has 0 saturated heterocycles. The molecule has 0 aliphatic rings. The number of ether oxygens (including phenoxy) is 1. The SMILES string of the molecule is CCCCCCCCCCCCC#CC[C@@H](O)C[C@@H](O)COCc1ccccc1. The van der Waals surface area contributed by atoms with E-state index in [1.165, 1.54) is 57.8 Å². The van der Waals surface area contributed by atoms with Gasteiger partial charge in [0.05, 0.1) is 25.4 Å². The Bertz CT molecular complexity index is 532. The van der Waals surface area contributed by atoms with Gasteiger partial charge in [0.1, 0.15) is 0 Å².